The third-order valence-corrected chi connectivity index (χ3v) is 5.01. The first-order valence-corrected chi connectivity index (χ1v) is 10.6. The Morgan fingerprint density at radius 2 is 2.00 bits per heavy atom. The van der Waals surface area contributed by atoms with Gasteiger partial charge in [-0.1, -0.05) is 23.2 Å². The zero-order chi connectivity index (χ0) is 21.3. The third kappa shape index (κ3) is 6.24. The van der Waals surface area contributed by atoms with Crippen molar-refractivity contribution in [3.8, 4) is 11.5 Å². The number of aromatic nitrogens is 1. The fourth-order valence-electron chi connectivity index (χ4n) is 3.03. The maximum atomic E-state index is 12.3. The maximum absolute atomic E-state index is 12.3. The van der Waals surface area contributed by atoms with E-state index in [1.807, 2.05) is 17.9 Å². The van der Waals surface area contributed by atoms with Crippen LogP contribution in [0.15, 0.2) is 35.6 Å². The van der Waals surface area contributed by atoms with E-state index in [1.165, 1.54) is 12.6 Å². The van der Waals surface area contributed by atoms with Crippen LogP contribution in [0.5, 0.6) is 11.5 Å². The zero-order valence-corrected chi connectivity index (χ0v) is 18.2. The van der Waals surface area contributed by atoms with E-state index in [2.05, 4.69) is 15.5 Å². The monoisotopic (exact) mass is 450 g/mol. The van der Waals surface area contributed by atoms with Gasteiger partial charge in [-0.3, -0.25) is 10.2 Å². The number of halogens is 2. The SMILES string of the molecule is CCOc1cc(/C=N/Nc2ncc(Cl)cc2Cl)ccc1OCC(=O)N1CCCCC1. The molecule has 0 atom stereocenters. The Hall–Kier alpha value is -2.51. The normalized spacial score (nSPS) is 14.0. The third-order valence-electron chi connectivity index (χ3n) is 4.52. The number of carbonyl (C=O) groups excluding carboxylic acids is 1. The van der Waals surface area contributed by atoms with Crippen LogP contribution in [-0.4, -0.2) is 48.3 Å². The van der Waals surface area contributed by atoms with E-state index in [1.54, 1.807) is 24.4 Å². The molecule has 3 rings (SSSR count). The van der Waals surface area contributed by atoms with Crippen LogP contribution in [0.25, 0.3) is 0 Å². The van der Waals surface area contributed by atoms with Crippen molar-refractivity contribution in [3.05, 3.63) is 46.1 Å². The van der Waals surface area contributed by atoms with Crippen LogP contribution < -0.4 is 14.9 Å². The average Bonchev–Trinajstić information content (AvgIpc) is 2.75. The van der Waals surface area contributed by atoms with Crippen LogP contribution in [0.2, 0.25) is 10.0 Å². The van der Waals surface area contributed by atoms with E-state index in [0.717, 1.165) is 31.5 Å². The summed E-state index contributed by atoms with van der Waals surface area (Å²) in [4.78, 5) is 18.3. The van der Waals surface area contributed by atoms with Crippen LogP contribution in [0.4, 0.5) is 5.82 Å². The predicted octanol–water partition coefficient (Wildman–Crippen LogP) is 4.62. The molecular weight excluding hydrogens is 427 g/mol. The van der Waals surface area contributed by atoms with Gasteiger partial charge in [0.05, 0.1) is 22.9 Å². The van der Waals surface area contributed by atoms with E-state index in [9.17, 15) is 4.79 Å². The van der Waals surface area contributed by atoms with E-state index < -0.39 is 0 Å². The number of anilines is 1. The molecule has 0 saturated carbocycles. The number of nitrogens with one attached hydrogen (secondary N) is 1. The number of carbonyl (C=O) groups is 1. The Kier molecular flexibility index (Phi) is 8.16. The fourth-order valence-corrected chi connectivity index (χ4v) is 3.45. The lowest BCUT2D eigenvalue weighted by Crippen LogP contribution is -2.38. The standard InChI is InChI=1S/C21H24Cl2N4O3/c1-2-29-19-10-15(12-25-26-21-17(23)11-16(22)13-24-21)6-7-18(19)30-14-20(28)27-8-4-3-5-9-27/h6-7,10-13H,2-5,8-9,14H2,1H3,(H,24,26)/b25-12+. The van der Waals surface area contributed by atoms with Crippen molar-refractivity contribution < 1.29 is 14.3 Å². The number of likely N-dealkylation sites (tertiary alicyclic amines) is 1. The summed E-state index contributed by atoms with van der Waals surface area (Å²) in [5, 5.41) is 4.97. The van der Waals surface area contributed by atoms with Crippen molar-refractivity contribution in [2.24, 2.45) is 5.10 Å². The summed E-state index contributed by atoms with van der Waals surface area (Å²) in [5.41, 5.74) is 3.56. The van der Waals surface area contributed by atoms with Gasteiger partial charge in [-0.2, -0.15) is 5.10 Å². The number of hydrazone groups is 1. The Balaban J connectivity index is 1.62. The van der Waals surface area contributed by atoms with Gasteiger partial charge in [0.1, 0.15) is 0 Å². The van der Waals surface area contributed by atoms with Crippen molar-refractivity contribution in [2.75, 3.05) is 31.7 Å². The first-order valence-electron chi connectivity index (χ1n) is 9.84. The molecule has 160 valence electrons. The molecule has 2 aromatic rings. The van der Waals surface area contributed by atoms with Crippen molar-refractivity contribution in [1.82, 2.24) is 9.88 Å². The van der Waals surface area contributed by atoms with Gasteiger partial charge in [0.25, 0.3) is 5.91 Å². The number of hydrogen-bond acceptors (Lipinski definition) is 6. The Labute approximate surface area is 186 Å². The number of amides is 1. The largest absolute Gasteiger partial charge is 0.490 e. The topological polar surface area (TPSA) is 76.0 Å². The van der Waals surface area contributed by atoms with Gasteiger partial charge in [-0.15, -0.1) is 0 Å². The molecule has 2 heterocycles. The number of piperidine rings is 1. The molecule has 7 nitrogen and oxygen atoms in total. The number of nitrogens with zero attached hydrogens (tertiary/aromatic N) is 3. The summed E-state index contributed by atoms with van der Waals surface area (Å²) in [7, 11) is 0. The lowest BCUT2D eigenvalue weighted by atomic mass is 10.1. The molecule has 0 radical (unpaired) electrons. The number of ether oxygens (including phenoxy) is 2. The predicted molar refractivity (Wildman–Crippen MR) is 119 cm³/mol. The molecule has 1 saturated heterocycles. The average molecular weight is 451 g/mol. The maximum Gasteiger partial charge on any atom is 0.260 e. The summed E-state index contributed by atoms with van der Waals surface area (Å²) < 4.78 is 11.4. The summed E-state index contributed by atoms with van der Waals surface area (Å²) in [5.74, 6) is 1.48. The van der Waals surface area contributed by atoms with Crippen LogP contribution in [0.1, 0.15) is 31.7 Å². The molecule has 1 amide bonds. The van der Waals surface area contributed by atoms with Crippen LogP contribution in [0.3, 0.4) is 0 Å². The summed E-state index contributed by atoms with van der Waals surface area (Å²) in [6.45, 7) is 3.96. The van der Waals surface area contributed by atoms with Gasteiger partial charge in [-0.25, -0.2) is 4.98 Å². The van der Waals surface area contributed by atoms with Crippen molar-refractivity contribution in [2.45, 2.75) is 26.2 Å². The van der Waals surface area contributed by atoms with Gasteiger partial charge in [0.15, 0.2) is 23.9 Å². The second-order valence-corrected chi connectivity index (χ2v) is 7.57. The van der Waals surface area contributed by atoms with Crippen LogP contribution in [0, 0.1) is 0 Å². The van der Waals surface area contributed by atoms with Gasteiger partial charge < -0.3 is 14.4 Å². The highest BCUT2D eigenvalue weighted by Gasteiger charge is 2.17. The van der Waals surface area contributed by atoms with Crippen molar-refractivity contribution >= 4 is 41.1 Å². The minimum atomic E-state index is -0.00417. The molecule has 1 fully saturated rings. The molecule has 1 aliphatic heterocycles. The Morgan fingerprint density at radius 3 is 2.73 bits per heavy atom. The molecule has 1 aromatic carbocycles. The van der Waals surface area contributed by atoms with E-state index in [-0.39, 0.29) is 12.5 Å². The van der Waals surface area contributed by atoms with E-state index in [0.29, 0.717) is 34.0 Å². The number of benzene rings is 1. The minimum absolute atomic E-state index is 0.000620. The van der Waals surface area contributed by atoms with Gasteiger partial charge in [0.2, 0.25) is 0 Å². The number of pyridine rings is 1. The highest BCUT2D eigenvalue weighted by atomic mass is 35.5. The Bertz CT molecular complexity index is 902. The second-order valence-electron chi connectivity index (χ2n) is 6.72. The van der Waals surface area contributed by atoms with Gasteiger partial charge >= 0.3 is 0 Å². The first kappa shape index (κ1) is 22.2. The lowest BCUT2D eigenvalue weighted by molar-refractivity contribution is -0.134. The van der Waals surface area contributed by atoms with Crippen LogP contribution in [-0.2, 0) is 4.79 Å². The molecule has 0 spiro atoms. The Morgan fingerprint density at radius 1 is 1.20 bits per heavy atom. The number of rotatable bonds is 8. The van der Waals surface area contributed by atoms with E-state index in [4.69, 9.17) is 32.7 Å². The molecule has 1 aliphatic rings. The quantitative estimate of drug-likeness (QED) is 0.468. The minimum Gasteiger partial charge on any atom is -0.490 e. The lowest BCUT2D eigenvalue weighted by Gasteiger charge is -2.26. The molecule has 0 bridgehead atoms. The molecule has 30 heavy (non-hydrogen) atoms. The molecule has 0 unspecified atom stereocenters. The van der Waals surface area contributed by atoms with Crippen LogP contribution >= 0.6 is 23.2 Å². The highest BCUT2D eigenvalue weighted by molar-refractivity contribution is 6.35. The van der Waals surface area contributed by atoms with Gasteiger partial charge in [-0.05, 0) is 56.0 Å². The summed E-state index contributed by atoms with van der Waals surface area (Å²) >= 11 is 11.9. The van der Waals surface area contributed by atoms with E-state index >= 15 is 0 Å². The smallest absolute Gasteiger partial charge is 0.260 e. The molecular formula is C21H24Cl2N4O3. The molecule has 1 N–H and O–H groups in total. The molecule has 0 aliphatic carbocycles. The summed E-state index contributed by atoms with van der Waals surface area (Å²) in [6.07, 6.45) is 6.37. The van der Waals surface area contributed by atoms with Gasteiger partial charge in [0, 0.05) is 19.3 Å². The van der Waals surface area contributed by atoms with Crippen molar-refractivity contribution in [3.63, 3.8) is 0 Å². The zero-order valence-electron chi connectivity index (χ0n) is 16.7. The first-order chi connectivity index (χ1) is 14.6. The second kappa shape index (κ2) is 11.0. The molecule has 9 heteroatoms. The fraction of sp³-hybridized carbons (Fsp3) is 0.381. The van der Waals surface area contributed by atoms with Crippen molar-refractivity contribution in [1.29, 1.82) is 0 Å². The summed E-state index contributed by atoms with van der Waals surface area (Å²) in [6, 6.07) is 6.97. The highest BCUT2D eigenvalue weighted by Crippen LogP contribution is 2.28. The number of hydrogen-bond donors (Lipinski definition) is 1. The molecule has 1 aromatic heterocycles.